The molecule has 32 heavy (non-hydrogen) atoms. The predicted molar refractivity (Wildman–Crippen MR) is 122 cm³/mol. The van der Waals surface area contributed by atoms with E-state index in [0.717, 1.165) is 5.56 Å². The zero-order valence-electron chi connectivity index (χ0n) is 19.3. The molecule has 1 heterocycles. The van der Waals surface area contributed by atoms with E-state index in [1.54, 1.807) is 17.0 Å². The van der Waals surface area contributed by atoms with E-state index in [1.165, 1.54) is 0 Å². The third-order valence-corrected chi connectivity index (χ3v) is 4.38. The molecule has 0 aliphatic carbocycles. The van der Waals surface area contributed by atoms with Crippen molar-refractivity contribution in [1.29, 1.82) is 0 Å². The van der Waals surface area contributed by atoms with E-state index in [9.17, 15) is 14.4 Å². The average Bonchev–Trinajstić information content (AvgIpc) is 2.73. The Bertz CT molecular complexity index is 817. The van der Waals surface area contributed by atoms with Crippen LogP contribution in [-0.2, 0) is 16.1 Å². The first-order valence-electron chi connectivity index (χ1n) is 10.8. The SMILES string of the molecule is CCNC(=NCc1ccc(C(=O)N2CCNC(=O)C2)cc1)NCCNC(=O)OC(C)(C)C. The van der Waals surface area contributed by atoms with Gasteiger partial charge in [0, 0.05) is 38.3 Å². The Morgan fingerprint density at radius 1 is 1.12 bits per heavy atom. The Hall–Kier alpha value is -3.30. The number of nitrogens with one attached hydrogen (secondary N) is 4. The highest BCUT2D eigenvalue weighted by atomic mass is 16.6. The molecule has 1 aliphatic heterocycles. The largest absolute Gasteiger partial charge is 0.444 e. The molecular weight excluding hydrogens is 412 g/mol. The number of carbonyl (C=O) groups is 3. The summed E-state index contributed by atoms with van der Waals surface area (Å²) in [6.45, 7) is 10.5. The molecule has 176 valence electrons. The van der Waals surface area contributed by atoms with Crippen molar-refractivity contribution in [3.05, 3.63) is 35.4 Å². The molecular formula is C22H34N6O4. The molecule has 1 aromatic carbocycles. The van der Waals surface area contributed by atoms with Crippen LogP contribution in [0.4, 0.5) is 4.79 Å². The summed E-state index contributed by atoms with van der Waals surface area (Å²) in [4.78, 5) is 41.8. The molecule has 0 saturated carbocycles. The number of rotatable bonds is 7. The molecule has 3 amide bonds. The Morgan fingerprint density at radius 3 is 2.44 bits per heavy atom. The standard InChI is InChI=1S/C22H34N6O4/c1-5-23-20(25-10-11-26-21(31)32-22(2,3)4)27-14-16-6-8-17(9-7-16)19(30)28-13-12-24-18(29)15-28/h6-9H,5,10-15H2,1-4H3,(H,24,29)(H,26,31)(H2,23,25,27). The van der Waals surface area contributed by atoms with Crippen molar-refractivity contribution in [3.63, 3.8) is 0 Å². The van der Waals surface area contributed by atoms with Crippen LogP contribution in [0.25, 0.3) is 0 Å². The molecule has 2 rings (SSSR count). The van der Waals surface area contributed by atoms with E-state index >= 15 is 0 Å². The second-order valence-electron chi connectivity index (χ2n) is 8.32. The lowest BCUT2D eigenvalue weighted by atomic mass is 10.1. The van der Waals surface area contributed by atoms with Gasteiger partial charge in [0.1, 0.15) is 5.60 Å². The maximum Gasteiger partial charge on any atom is 0.407 e. The van der Waals surface area contributed by atoms with Gasteiger partial charge in [-0.3, -0.25) is 9.59 Å². The van der Waals surface area contributed by atoms with Gasteiger partial charge in [-0.05, 0) is 45.4 Å². The van der Waals surface area contributed by atoms with Gasteiger partial charge in [0.25, 0.3) is 5.91 Å². The molecule has 0 spiro atoms. The normalized spacial score (nSPS) is 14.4. The molecule has 0 bridgehead atoms. The summed E-state index contributed by atoms with van der Waals surface area (Å²) in [5.74, 6) is 0.334. The quantitative estimate of drug-likeness (QED) is 0.280. The van der Waals surface area contributed by atoms with Crippen molar-refractivity contribution in [2.75, 3.05) is 39.3 Å². The number of benzene rings is 1. The van der Waals surface area contributed by atoms with Crippen LogP contribution in [0.15, 0.2) is 29.3 Å². The molecule has 0 aromatic heterocycles. The fourth-order valence-electron chi connectivity index (χ4n) is 2.92. The second-order valence-corrected chi connectivity index (χ2v) is 8.32. The number of aliphatic imine (C=N–C) groups is 1. The number of piperazine rings is 1. The third kappa shape index (κ3) is 8.83. The Labute approximate surface area is 189 Å². The van der Waals surface area contributed by atoms with Crippen LogP contribution in [0.2, 0.25) is 0 Å². The number of nitrogens with zero attached hydrogens (tertiary/aromatic N) is 2. The smallest absolute Gasteiger partial charge is 0.407 e. The van der Waals surface area contributed by atoms with E-state index in [2.05, 4.69) is 26.3 Å². The lowest BCUT2D eigenvalue weighted by Gasteiger charge is -2.26. The van der Waals surface area contributed by atoms with Crippen LogP contribution in [0.1, 0.15) is 43.6 Å². The van der Waals surface area contributed by atoms with Gasteiger partial charge in [-0.2, -0.15) is 0 Å². The molecule has 1 saturated heterocycles. The topological polar surface area (TPSA) is 124 Å². The highest BCUT2D eigenvalue weighted by molar-refractivity contribution is 5.97. The molecule has 10 nitrogen and oxygen atoms in total. The van der Waals surface area contributed by atoms with Crippen LogP contribution in [-0.4, -0.2) is 73.6 Å². The summed E-state index contributed by atoms with van der Waals surface area (Å²) in [6.07, 6.45) is -0.457. The summed E-state index contributed by atoms with van der Waals surface area (Å²) in [7, 11) is 0. The molecule has 4 N–H and O–H groups in total. The van der Waals surface area contributed by atoms with Crippen LogP contribution < -0.4 is 21.3 Å². The molecule has 1 fully saturated rings. The maximum absolute atomic E-state index is 12.5. The lowest BCUT2D eigenvalue weighted by molar-refractivity contribution is -0.123. The van der Waals surface area contributed by atoms with E-state index < -0.39 is 11.7 Å². The van der Waals surface area contributed by atoms with Crippen molar-refractivity contribution in [2.45, 2.75) is 39.8 Å². The monoisotopic (exact) mass is 446 g/mol. The molecule has 0 atom stereocenters. The molecule has 1 aliphatic rings. The molecule has 10 heteroatoms. The number of hydrogen-bond donors (Lipinski definition) is 4. The van der Waals surface area contributed by atoms with Gasteiger partial charge >= 0.3 is 6.09 Å². The van der Waals surface area contributed by atoms with E-state index in [1.807, 2.05) is 39.8 Å². The van der Waals surface area contributed by atoms with Crippen molar-refractivity contribution < 1.29 is 19.1 Å². The summed E-state index contributed by atoms with van der Waals surface area (Å²) in [6, 6.07) is 7.22. The van der Waals surface area contributed by atoms with Gasteiger partial charge in [0.05, 0.1) is 13.1 Å². The minimum absolute atomic E-state index is 0.0887. The lowest BCUT2D eigenvalue weighted by Crippen LogP contribution is -2.49. The van der Waals surface area contributed by atoms with Gasteiger partial charge < -0.3 is 30.9 Å². The molecule has 0 unspecified atom stereocenters. The third-order valence-electron chi connectivity index (χ3n) is 4.38. The first-order valence-corrected chi connectivity index (χ1v) is 10.8. The van der Waals surface area contributed by atoms with Crippen molar-refractivity contribution in [1.82, 2.24) is 26.2 Å². The number of alkyl carbamates (subject to hydrolysis) is 1. The van der Waals surface area contributed by atoms with Gasteiger partial charge in [0.15, 0.2) is 5.96 Å². The first-order chi connectivity index (χ1) is 15.2. The summed E-state index contributed by atoms with van der Waals surface area (Å²) >= 11 is 0. The molecule has 1 aromatic rings. The zero-order valence-corrected chi connectivity index (χ0v) is 19.3. The fourth-order valence-corrected chi connectivity index (χ4v) is 2.92. The van der Waals surface area contributed by atoms with Crippen molar-refractivity contribution in [2.24, 2.45) is 4.99 Å². The fraction of sp³-hybridized carbons (Fsp3) is 0.545. The number of amides is 3. The second kappa shape index (κ2) is 11.9. The number of ether oxygens (including phenoxy) is 1. The predicted octanol–water partition coefficient (Wildman–Crippen LogP) is 0.838. The maximum atomic E-state index is 12.5. The van der Waals surface area contributed by atoms with Gasteiger partial charge in [0.2, 0.25) is 5.91 Å². The zero-order chi connectivity index (χ0) is 23.6. The average molecular weight is 447 g/mol. The van der Waals surface area contributed by atoms with Crippen LogP contribution in [0.5, 0.6) is 0 Å². The van der Waals surface area contributed by atoms with E-state index in [-0.39, 0.29) is 18.4 Å². The highest BCUT2D eigenvalue weighted by Gasteiger charge is 2.22. The van der Waals surface area contributed by atoms with Gasteiger partial charge in [-0.25, -0.2) is 9.79 Å². The van der Waals surface area contributed by atoms with E-state index in [0.29, 0.717) is 50.8 Å². The van der Waals surface area contributed by atoms with E-state index in [4.69, 9.17) is 4.74 Å². The van der Waals surface area contributed by atoms with Crippen molar-refractivity contribution >= 4 is 23.9 Å². The summed E-state index contributed by atoms with van der Waals surface area (Å²) < 4.78 is 5.20. The van der Waals surface area contributed by atoms with Crippen molar-refractivity contribution in [3.8, 4) is 0 Å². The number of carbonyl (C=O) groups excluding carboxylic acids is 3. The summed E-state index contributed by atoms with van der Waals surface area (Å²) in [5.41, 5.74) is 0.962. The highest BCUT2D eigenvalue weighted by Crippen LogP contribution is 2.10. The van der Waals surface area contributed by atoms with Crippen LogP contribution in [0, 0.1) is 0 Å². The Morgan fingerprint density at radius 2 is 1.81 bits per heavy atom. The summed E-state index contributed by atoms with van der Waals surface area (Å²) in [5, 5.41) is 11.7. The van der Waals surface area contributed by atoms with Crippen LogP contribution in [0.3, 0.4) is 0 Å². The minimum atomic E-state index is -0.531. The van der Waals surface area contributed by atoms with Gasteiger partial charge in [-0.1, -0.05) is 12.1 Å². The minimum Gasteiger partial charge on any atom is -0.444 e. The molecule has 0 radical (unpaired) electrons. The first kappa shape index (κ1) is 25.0. The Balaban J connectivity index is 1.83. The number of hydrogen-bond acceptors (Lipinski definition) is 5. The van der Waals surface area contributed by atoms with Crippen LogP contribution >= 0.6 is 0 Å². The van der Waals surface area contributed by atoms with Gasteiger partial charge in [-0.15, -0.1) is 0 Å². The number of guanidine groups is 1. The Kier molecular flexibility index (Phi) is 9.30.